The van der Waals surface area contributed by atoms with Gasteiger partial charge in [0, 0.05) is 18.6 Å². The molecule has 0 unspecified atom stereocenters. The molecule has 0 saturated carbocycles. The molecule has 0 radical (unpaired) electrons. The Labute approximate surface area is 157 Å². The number of nitrogens with one attached hydrogen (secondary N) is 1. The summed E-state index contributed by atoms with van der Waals surface area (Å²) in [7, 11) is 1.45. The molecule has 0 atom stereocenters. The van der Waals surface area contributed by atoms with E-state index in [0.717, 1.165) is 5.69 Å². The third kappa shape index (κ3) is 4.41. The lowest BCUT2D eigenvalue weighted by Crippen LogP contribution is -2.13. The number of ether oxygens (including phenoxy) is 2. The molecule has 140 valence electrons. The third-order valence-corrected chi connectivity index (χ3v) is 3.62. The van der Waals surface area contributed by atoms with Crippen molar-refractivity contribution in [3.63, 3.8) is 0 Å². The van der Waals surface area contributed by atoms with Gasteiger partial charge < -0.3 is 14.8 Å². The lowest BCUT2D eigenvalue weighted by Gasteiger charge is -2.14. The van der Waals surface area contributed by atoms with E-state index >= 15 is 0 Å². The number of carbonyl (C=O) groups is 1. The van der Waals surface area contributed by atoms with Gasteiger partial charge in [0.15, 0.2) is 0 Å². The molecule has 0 amide bonds. The molecule has 0 spiro atoms. The van der Waals surface area contributed by atoms with E-state index in [-0.39, 0.29) is 17.4 Å². The fourth-order valence-corrected chi connectivity index (χ4v) is 2.32. The first kappa shape index (κ1) is 18.4. The molecule has 1 aromatic carbocycles. The normalized spacial score (nSPS) is 10.7. The zero-order valence-corrected chi connectivity index (χ0v) is 15.4. The number of hydrogen-bond acceptors (Lipinski definition) is 7. The molecule has 2 heterocycles. The molecule has 8 heteroatoms. The van der Waals surface area contributed by atoms with Crippen LogP contribution < -0.4 is 14.8 Å². The minimum Gasteiger partial charge on any atom is -0.491 e. The maximum absolute atomic E-state index is 12.5. The van der Waals surface area contributed by atoms with Gasteiger partial charge in [-0.05, 0) is 18.1 Å². The van der Waals surface area contributed by atoms with Gasteiger partial charge in [0.1, 0.15) is 17.6 Å². The average molecular weight is 367 g/mol. The lowest BCUT2D eigenvalue weighted by atomic mass is 10.2. The highest BCUT2D eigenvalue weighted by Crippen LogP contribution is 2.27. The summed E-state index contributed by atoms with van der Waals surface area (Å²) in [4.78, 5) is 24.9. The summed E-state index contributed by atoms with van der Waals surface area (Å²) in [5.74, 6) is 1.26. The Bertz CT molecular complexity index is 909. The van der Waals surface area contributed by atoms with Crippen molar-refractivity contribution in [3.05, 3.63) is 54.7 Å². The number of para-hydroxylation sites is 2. The summed E-state index contributed by atoms with van der Waals surface area (Å²) in [6.45, 7) is 4.77. The summed E-state index contributed by atoms with van der Waals surface area (Å²) in [5, 5.41) is 3.11. The van der Waals surface area contributed by atoms with Crippen LogP contribution in [-0.4, -0.2) is 39.1 Å². The quantitative estimate of drug-likeness (QED) is 0.686. The first-order valence-electron chi connectivity index (χ1n) is 8.51. The van der Waals surface area contributed by atoms with Gasteiger partial charge in [-0.3, -0.25) is 9.36 Å². The third-order valence-electron chi connectivity index (χ3n) is 3.62. The molecule has 0 aliphatic heterocycles. The number of benzene rings is 1. The highest BCUT2D eigenvalue weighted by molar-refractivity contribution is 5.97. The Hall–Kier alpha value is -3.42. The van der Waals surface area contributed by atoms with Crippen LogP contribution in [0, 0.1) is 5.92 Å². The summed E-state index contributed by atoms with van der Waals surface area (Å²) in [6.07, 6.45) is 5.91. The second kappa shape index (κ2) is 8.31. The largest absolute Gasteiger partial charge is 0.491 e. The number of hydrogen-bond donors (Lipinski definition) is 1. The van der Waals surface area contributed by atoms with Crippen LogP contribution in [0.5, 0.6) is 11.6 Å². The van der Waals surface area contributed by atoms with E-state index in [1.807, 2.05) is 24.3 Å². The van der Waals surface area contributed by atoms with E-state index < -0.39 is 0 Å². The van der Waals surface area contributed by atoms with E-state index in [1.165, 1.54) is 30.4 Å². The lowest BCUT2D eigenvalue weighted by molar-refractivity contribution is 0.0955. The number of rotatable bonds is 7. The summed E-state index contributed by atoms with van der Waals surface area (Å²) in [5.41, 5.74) is 0.972. The van der Waals surface area contributed by atoms with Crippen molar-refractivity contribution >= 4 is 17.5 Å². The van der Waals surface area contributed by atoms with E-state index in [1.54, 1.807) is 6.20 Å². The highest BCUT2D eigenvalue weighted by Gasteiger charge is 2.17. The van der Waals surface area contributed by atoms with Gasteiger partial charge in [-0.25, -0.2) is 9.97 Å². The van der Waals surface area contributed by atoms with Crippen LogP contribution in [0.15, 0.2) is 49.2 Å². The monoisotopic (exact) mass is 367 g/mol. The minimum absolute atomic E-state index is 0.173. The van der Waals surface area contributed by atoms with Gasteiger partial charge >= 0.3 is 0 Å². The number of aromatic nitrogens is 4. The fraction of sp³-hybridized carbons (Fsp3) is 0.263. The van der Waals surface area contributed by atoms with Gasteiger partial charge in [0.25, 0.3) is 5.91 Å². The minimum atomic E-state index is -0.323. The van der Waals surface area contributed by atoms with Crippen LogP contribution in [0.2, 0.25) is 0 Å². The van der Waals surface area contributed by atoms with Gasteiger partial charge in [0.2, 0.25) is 11.8 Å². The van der Waals surface area contributed by atoms with E-state index in [9.17, 15) is 4.79 Å². The Morgan fingerprint density at radius 1 is 1.30 bits per heavy atom. The van der Waals surface area contributed by atoms with E-state index in [2.05, 4.69) is 34.1 Å². The molecular weight excluding hydrogens is 346 g/mol. The van der Waals surface area contributed by atoms with Crippen LogP contribution >= 0.6 is 0 Å². The van der Waals surface area contributed by atoms with Crippen LogP contribution in [0.1, 0.15) is 24.2 Å². The predicted molar refractivity (Wildman–Crippen MR) is 101 cm³/mol. The highest BCUT2D eigenvalue weighted by atomic mass is 16.5. The van der Waals surface area contributed by atoms with Crippen molar-refractivity contribution in [2.75, 3.05) is 19.0 Å². The molecule has 2 aromatic heterocycles. The zero-order chi connectivity index (χ0) is 19.2. The Morgan fingerprint density at radius 3 is 2.81 bits per heavy atom. The molecule has 0 aliphatic rings. The second-order valence-corrected chi connectivity index (χ2v) is 6.22. The summed E-state index contributed by atoms with van der Waals surface area (Å²) >= 11 is 0. The number of carbonyl (C=O) groups excluding carboxylic acids is 1. The van der Waals surface area contributed by atoms with Gasteiger partial charge in [0.05, 0.1) is 19.4 Å². The molecule has 1 N–H and O–H groups in total. The van der Waals surface area contributed by atoms with Crippen molar-refractivity contribution in [2.24, 2.45) is 5.92 Å². The number of anilines is 2. The maximum Gasteiger partial charge on any atom is 0.270 e. The molecule has 8 nitrogen and oxygen atoms in total. The SMILES string of the molecule is COc1nc(Nc2ccccc2OCC(C)C)ncc1C(=O)n1ccnc1. The Morgan fingerprint density at radius 2 is 2.11 bits per heavy atom. The van der Waals surface area contributed by atoms with Crippen LogP contribution in [-0.2, 0) is 0 Å². The number of imidazole rings is 1. The predicted octanol–water partition coefficient (Wildman–Crippen LogP) is 3.15. The molecule has 3 rings (SSSR count). The molecule has 3 aromatic rings. The summed E-state index contributed by atoms with van der Waals surface area (Å²) < 4.78 is 12.4. The maximum atomic E-state index is 12.5. The molecular formula is C19H21N5O3. The molecule has 0 bridgehead atoms. The zero-order valence-electron chi connectivity index (χ0n) is 15.4. The van der Waals surface area contributed by atoms with Crippen LogP contribution in [0.4, 0.5) is 11.6 Å². The van der Waals surface area contributed by atoms with E-state index in [0.29, 0.717) is 24.2 Å². The van der Waals surface area contributed by atoms with Crippen molar-refractivity contribution in [1.29, 1.82) is 0 Å². The molecule has 0 aliphatic carbocycles. The molecule has 0 saturated heterocycles. The molecule has 0 fully saturated rings. The van der Waals surface area contributed by atoms with Crippen molar-refractivity contribution in [2.45, 2.75) is 13.8 Å². The summed E-state index contributed by atoms with van der Waals surface area (Å²) in [6, 6.07) is 7.53. The Kier molecular flexibility index (Phi) is 5.65. The van der Waals surface area contributed by atoms with Crippen molar-refractivity contribution < 1.29 is 14.3 Å². The van der Waals surface area contributed by atoms with Gasteiger partial charge in [-0.15, -0.1) is 0 Å². The van der Waals surface area contributed by atoms with Crippen LogP contribution in [0.3, 0.4) is 0 Å². The Balaban J connectivity index is 1.84. The van der Waals surface area contributed by atoms with Gasteiger partial charge in [-0.2, -0.15) is 4.98 Å². The number of nitrogens with zero attached hydrogens (tertiary/aromatic N) is 4. The average Bonchev–Trinajstić information content (AvgIpc) is 3.21. The fourth-order valence-electron chi connectivity index (χ4n) is 2.32. The van der Waals surface area contributed by atoms with Gasteiger partial charge in [-0.1, -0.05) is 26.0 Å². The second-order valence-electron chi connectivity index (χ2n) is 6.22. The molecule has 27 heavy (non-hydrogen) atoms. The first-order valence-corrected chi connectivity index (χ1v) is 8.51. The standard InChI is InChI=1S/C19H21N5O3/c1-13(2)11-27-16-7-5-4-6-15(16)22-19-21-10-14(17(23-19)26-3)18(25)24-9-8-20-12-24/h4-10,12-13H,11H2,1-3H3,(H,21,22,23). The van der Waals surface area contributed by atoms with Crippen molar-refractivity contribution in [3.8, 4) is 11.6 Å². The topological polar surface area (TPSA) is 91.2 Å². The van der Waals surface area contributed by atoms with E-state index in [4.69, 9.17) is 9.47 Å². The first-order chi connectivity index (χ1) is 13.1. The number of methoxy groups -OCH3 is 1. The smallest absolute Gasteiger partial charge is 0.270 e. The van der Waals surface area contributed by atoms with Crippen molar-refractivity contribution in [1.82, 2.24) is 19.5 Å². The van der Waals surface area contributed by atoms with Crippen LogP contribution in [0.25, 0.3) is 0 Å².